The van der Waals surface area contributed by atoms with Crippen molar-refractivity contribution in [2.24, 2.45) is 5.92 Å². The van der Waals surface area contributed by atoms with E-state index in [9.17, 15) is 9.59 Å². The molecule has 0 unspecified atom stereocenters. The van der Waals surface area contributed by atoms with Crippen LogP contribution in [0.15, 0.2) is 22.9 Å². The Morgan fingerprint density at radius 3 is 2.83 bits per heavy atom. The predicted molar refractivity (Wildman–Crippen MR) is 85.8 cm³/mol. The minimum absolute atomic E-state index is 0.168. The number of methoxy groups -OCH3 is 1. The Bertz CT molecular complexity index is 792. The number of nitrogens with one attached hydrogen (secondary N) is 1. The van der Waals surface area contributed by atoms with Crippen LogP contribution in [-0.2, 0) is 4.74 Å². The van der Waals surface area contributed by atoms with Gasteiger partial charge in [-0.1, -0.05) is 0 Å². The van der Waals surface area contributed by atoms with Crippen molar-refractivity contribution in [1.82, 2.24) is 15.2 Å². The fourth-order valence-electron chi connectivity index (χ4n) is 3.70. The first kappa shape index (κ1) is 15.1. The number of piperidine rings is 3. The van der Waals surface area contributed by atoms with Gasteiger partial charge in [0.15, 0.2) is 5.58 Å². The smallest absolute Gasteiger partial charge is 0.341 e. The van der Waals surface area contributed by atoms with Crippen LogP contribution in [0.25, 0.3) is 11.0 Å². The van der Waals surface area contributed by atoms with E-state index in [0.717, 1.165) is 32.5 Å². The highest BCUT2D eigenvalue weighted by molar-refractivity contribution is 6.05. The van der Waals surface area contributed by atoms with Gasteiger partial charge in [-0.05, 0) is 37.9 Å². The molecule has 1 atom stereocenters. The van der Waals surface area contributed by atoms with Crippen molar-refractivity contribution < 1.29 is 18.7 Å². The molecule has 24 heavy (non-hydrogen) atoms. The molecule has 3 aliphatic heterocycles. The molecule has 126 valence electrons. The summed E-state index contributed by atoms with van der Waals surface area (Å²) in [4.78, 5) is 30.9. The molecule has 2 aromatic heterocycles. The molecule has 7 nitrogen and oxygen atoms in total. The fraction of sp³-hybridized carbons (Fsp3) is 0.471. The lowest BCUT2D eigenvalue weighted by Gasteiger charge is -2.44. The Morgan fingerprint density at radius 1 is 1.38 bits per heavy atom. The van der Waals surface area contributed by atoms with Crippen LogP contribution in [0.5, 0.6) is 0 Å². The quantitative estimate of drug-likeness (QED) is 0.858. The molecule has 0 radical (unpaired) electrons. The number of pyridine rings is 1. The number of amides is 1. The standard InChI is InChI=1S/C17H19N3O4/c1-23-17(22)12-9-24-15-7-18-13(6-11(12)15)16(21)19-14-8-20-4-2-10(14)3-5-20/h6-7,9-10,14H,2-5,8H2,1H3,(H,19,21)/t14-/m0/s1. The molecule has 5 rings (SSSR count). The van der Waals surface area contributed by atoms with Crippen LogP contribution >= 0.6 is 0 Å². The van der Waals surface area contributed by atoms with E-state index in [0.29, 0.717) is 22.5 Å². The summed E-state index contributed by atoms with van der Waals surface area (Å²) in [6, 6.07) is 1.75. The van der Waals surface area contributed by atoms with Gasteiger partial charge in [0.25, 0.3) is 5.91 Å². The summed E-state index contributed by atoms with van der Waals surface area (Å²) in [5, 5.41) is 3.63. The molecule has 0 aromatic carbocycles. The second kappa shape index (κ2) is 5.90. The van der Waals surface area contributed by atoms with E-state index in [1.54, 1.807) is 6.07 Å². The van der Waals surface area contributed by atoms with Crippen molar-refractivity contribution in [3.05, 3.63) is 29.8 Å². The number of rotatable bonds is 3. The number of hydrogen-bond donors (Lipinski definition) is 1. The third-order valence-corrected chi connectivity index (χ3v) is 5.07. The van der Waals surface area contributed by atoms with Crippen LogP contribution in [0.2, 0.25) is 0 Å². The predicted octanol–water partition coefficient (Wildman–Crippen LogP) is 1.44. The zero-order valence-electron chi connectivity index (χ0n) is 13.4. The SMILES string of the molecule is COC(=O)c1coc2cnc(C(=O)N[C@H]3CN4CCC3CC4)cc12. The molecule has 0 saturated carbocycles. The van der Waals surface area contributed by atoms with Crippen LogP contribution in [0.4, 0.5) is 0 Å². The molecule has 5 heterocycles. The van der Waals surface area contributed by atoms with E-state index < -0.39 is 5.97 Å². The van der Waals surface area contributed by atoms with Crippen molar-refractivity contribution in [2.45, 2.75) is 18.9 Å². The van der Waals surface area contributed by atoms with Crippen molar-refractivity contribution in [1.29, 1.82) is 0 Å². The largest absolute Gasteiger partial charge is 0.465 e. The Labute approximate surface area is 139 Å². The highest BCUT2D eigenvalue weighted by Gasteiger charge is 2.35. The zero-order chi connectivity index (χ0) is 16.7. The molecule has 7 heteroatoms. The summed E-state index contributed by atoms with van der Waals surface area (Å²) >= 11 is 0. The summed E-state index contributed by atoms with van der Waals surface area (Å²) in [6.45, 7) is 3.15. The first-order chi connectivity index (χ1) is 11.7. The topological polar surface area (TPSA) is 84.7 Å². The Morgan fingerprint density at radius 2 is 2.17 bits per heavy atom. The molecule has 3 fully saturated rings. The third kappa shape index (κ3) is 2.54. The van der Waals surface area contributed by atoms with E-state index in [4.69, 9.17) is 9.15 Å². The van der Waals surface area contributed by atoms with Gasteiger partial charge in [0.2, 0.25) is 0 Å². The van der Waals surface area contributed by atoms with Crippen molar-refractivity contribution in [2.75, 3.05) is 26.7 Å². The molecule has 0 aliphatic carbocycles. The Balaban J connectivity index is 1.57. The van der Waals surface area contributed by atoms with Crippen LogP contribution in [0.3, 0.4) is 0 Å². The number of carbonyl (C=O) groups is 2. The van der Waals surface area contributed by atoms with Crippen LogP contribution in [0, 0.1) is 5.92 Å². The maximum absolute atomic E-state index is 12.6. The summed E-state index contributed by atoms with van der Waals surface area (Å²) in [7, 11) is 1.31. The minimum atomic E-state index is -0.497. The number of hydrogen-bond acceptors (Lipinski definition) is 6. The number of furan rings is 1. The van der Waals surface area contributed by atoms with E-state index in [1.807, 2.05) is 0 Å². The second-order valence-electron chi connectivity index (χ2n) is 6.42. The van der Waals surface area contributed by atoms with Gasteiger partial charge in [-0.25, -0.2) is 9.78 Å². The summed E-state index contributed by atoms with van der Waals surface area (Å²) in [6.07, 6.45) is 5.05. The number of ether oxygens (including phenoxy) is 1. The summed E-state index contributed by atoms with van der Waals surface area (Å²) in [5.74, 6) is -0.168. The van der Waals surface area contributed by atoms with Gasteiger partial charge < -0.3 is 19.4 Å². The Hall–Kier alpha value is -2.41. The number of carbonyl (C=O) groups excluding carboxylic acids is 2. The first-order valence-corrected chi connectivity index (χ1v) is 8.14. The molecular weight excluding hydrogens is 310 g/mol. The number of nitrogens with zero attached hydrogens (tertiary/aromatic N) is 2. The zero-order valence-corrected chi connectivity index (χ0v) is 13.4. The highest BCUT2D eigenvalue weighted by Crippen LogP contribution is 2.28. The highest BCUT2D eigenvalue weighted by atomic mass is 16.5. The molecule has 3 aliphatic rings. The van der Waals surface area contributed by atoms with Crippen molar-refractivity contribution in [3.63, 3.8) is 0 Å². The number of aromatic nitrogens is 1. The van der Waals surface area contributed by atoms with Gasteiger partial charge in [-0.15, -0.1) is 0 Å². The van der Waals surface area contributed by atoms with Crippen LogP contribution in [0.1, 0.15) is 33.7 Å². The van der Waals surface area contributed by atoms with E-state index in [-0.39, 0.29) is 17.6 Å². The molecular formula is C17H19N3O4. The number of esters is 1. The normalized spacial score (nSPS) is 25.6. The molecule has 2 aromatic rings. The fourth-order valence-corrected chi connectivity index (χ4v) is 3.70. The first-order valence-electron chi connectivity index (χ1n) is 8.14. The molecule has 3 saturated heterocycles. The van der Waals surface area contributed by atoms with Crippen LogP contribution in [-0.4, -0.2) is 54.5 Å². The van der Waals surface area contributed by atoms with E-state index in [1.165, 1.54) is 19.6 Å². The molecule has 0 spiro atoms. The maximum atomic E-state index is 12.6. The van der Waals surface area contributed by atoms with E-state index in [2.05, 4.69) is 15.2 Å². The summed E-state index contributed by atoms with van der Waals surface area (Å²) < 4.78 is 10.0. The average Bonchev–Trinajstić information content (AvgIpc) is 3.05. The maximum Gasteiger partial charge on any atom is 0.341 e. The van der Waals surface area contributed by atoms with Crippen molar-refractivity contribution >= 4 is 22.8 Å². The lowest BCUT2D eigenvalue weighted by atomic mass is 9.84. The van der Waals surface area contributed by atoms with Gasteiger partial charge in [0.1, 0.15) is 17.5 Å². The van der Waals surface area contributed by atoms with Crippen molar-refractivity contribution in [3.8, 4) is 0 Å². The van der Waals surface area contributed by atoms with Gasteiger partial charge >= 0.3 is 5.97 Å². The third-order valence-electron chi connectivity index (χ3n) is 5.07. The Kier molecular flexibility index (Phi) is 3.72. The molecule has 1 N–H and O–H groups in total. The minimum Gasteiger partial charge on any atom is -0.465 e. The monoisotopic (exact) mass is 329 g/mol. The van der Waals surface area contributed by atoms with Gasteiger partial charge in [0.05, 0.1) is 13.3 Å². The van der Waals surface area contributed by atoms with Gasteiger partial charge in [-0.2, -0.15) is 0 Å². The van der Waals surface area contributed by atoms with Crippen LogP contribution < -0.4 is 5.32 Å². The average molecular weight is 329 g/mol. The lowest BCUT2D eigenvalue weighted by molar-refractivity contribution is 0.0599. The second-order valence-corrected chi connectivity index (χ2v) is 6.42. The van der Waals surface area contributed by atoms with Gasteiger partial charge in [-0.3, -0.25) is 4.79 Å². The van der Waals surface area contributed by atoms with E-state index >= 15 is 0 Å². The summed E-state index contributed by atoms with van der Waals surface area (Å²) in [5.41, 5.74) is 1.03. The number of fused-ring (bicyclic) bond motifs is 4. The molecule has 2 bridgehead atoms. The molecule has 1 amide bonds. The van der Waals surface area contributed by atoms with Gasteiger partial charge in [0, 0.05) is 18.0 Å². The lowest BCUT2D eigenvalue weighted by Crippen LogP contribution is -2.57.